The minimum atomic E-state index is 0.664. The summed E-state index contributed by atoms with van der Waals surface area (Å²) in [5.41, 5.74) is 1.12. The molecule has 0 atom stereocenters. The van der Waals surface area contributed by atoms with Gasteiger partial charge in [-0.3, -0.25) is 0 Å². The van der Waals surface area contributed by atoms with Crippen LogP contribution in [0.25, 0.3) is 0 Å². The zero-order valence-corrected chi connectivity index (χ0v) is 7.24. The van der Waals surface area contributed by atoms with E-state index in [9.17, 15) is 0 Å². The van der Waals surface area contributed by atoms with Crippen LogP contribution in [0, 0.1) is 11.6 Å². The Bertz CT molecular complexity index is 325. The number of rotatable bonds is 1. The number of nitrogens with zero attached hydrogens (tertiary/aromatic N) is 1. The van der Waals surface area contributed by atoms with Crippen LogP contribution in [0.4, 0.5) is 0 Å². The fourth-order valence-electron chi connectivity index (χ4n) is 1.15. The van der Waals surface area contributed by atoms with Gasteiger partial charge in [0.15, 0.2) is 0 Å². The first-order valence-electron chi connectivity index (χ1n) is 3.83. The zero-order valence-electron chi connectivity index (χ0n) is 6.42. The molecule has 0 spiro atoms. The van der Waals surface area contributed by atoms with E-state index < -0.39 is 0 Å². The summed E-state index contributed by atoms with van der Waals surface area (Å²) in [7, 11) is 0. The minimum Gasteiger partial charge on any atom is -0.347 e. The summed E-state index contributed by atoms with van der Waals surface area (Å²) in [4.78, 5) is 7.49. The topological polar surface area (TPSA) is 28.7 Å². The molecular formula is C8H10N2S. The molecule has 1 aromatic heterocycles. The monoisotopic (exact) mass is 166 g/mol. The maximum atomic E-state index is 5.00. The molecule has 0 saturated heterocycles. The maximum absolute atomic E-state index is 5.00. The third-order valence-electron chi connectivity index (χ3n) is 1.86. The molecule has 1 heterocycles. The first-order chi connectivity index (χ1) is 5.25. The van der Waals surface area contributed by atoms with Crippen molar-refractivity contribution in [1.82, 2.24) is 9.97 Å². The molecule has 1 fully saturated rings. The van der Waals surface area contributed by atoms with Gasteiger partial charge in [0.25, 0.3) is 0 Å². The van der Waals surface area contributed by atoms with Crippen molar-refractivity contribution in [2.45, 2.75) is 25.7 Å². The van der Waals surface area contributed by atoms with Gasteiger partial charge in [0.1, 0.15) is 10.5 Å². The van der Waals surface area contributed by atoms with Gasteiger partial charge in [-0.05, 0) is 25.8 Å². The van der Waals surface area contributed by atoms with Crippen molar-refractivity contribution in [3.8, 4) is 0 Å². The number of hydrogen-bond acceptors (Lipinski definition) is 2. The summed E-state index contributed by atoms with van der Waals surface area (Å²) in [5.74, 6) is 1.74. The van der Waals surface area contributed by atoms with Crippen LogP contribution in [-0.2, 0) is 0 Å². The van der Waals surface area contributed by atoms with Crippen LogP contribution in [0.5, 0.6) is 0 Å². The number of hydrogen-bond donors (Lipinski definition) is 1. The van der Waals surface area contributed by atoms with Crippen LogP contribution in [-0.4, -0.2) is 9.97 Å². The summed E-state index contributed by atoms with van der Waals surface area (Å²) in [6.07, 6.45) is 2.53. The normalized spacial score (nSPS) is 16.8. The van der Waals surface area contributed by atoms with Crippen LogP contribution in [0.3, 0.4) is 0 Å². The largest absolute Gasteiger partial charge is 0.347 e. The fraction of sp³-hybridized carbons (Fsp3) is 0.500. The molecular weight excluding hydrogens is 156 g/mol. The molecule has 0 radical (unpaired) electrons. The van der Waals surface area contributed by atoms with Crippen molar-refractivity contribution in [2.75, 3.05) is 0 Å². The zero-order chi connectivity index (χ0) is 7.84. The van der Waals surface area contributed by atoms with Gasteiger partial charge in [-0.2, -0.15) is 0 Å². The van der Waals surface area contributed by atoms with E-state index in [2.05, 4.69) is 9.97 Å². The Morgan fingerprint density at radius 2 is 2.36 bits per heavy atom. The van der Waals surface area contributed by atoms with Crippen molar-refractivity contribution in [1.29, 1.82) is 0 Å². The molecule has 1 aromatic rings. The first kappa shape index (κ1) is 6.98. The first-order valence-corrected chi connectivity index (χ1v) is 4.24. The highest BCUT2D eigenvalue weighted by Crippen LogP contribution is 2.37. The Hall–Kier alpha value is -0.700. The van der Waals surface area contributed by atoms with Crippen molar-refractivity contribution < 1.29 is 0 Å². The Morgan fingerprint density at radius 3 is 2.91 bits per heavy atom. The molecule has 1 saturated carbocycles. The second-order valence-corrected chi connectivity index (χ2v) is 3.48. The van der Waals surface area contributed by atoms with Gasteiger partial charge in [0, 0.05) is 11.6 Å². The molecule has 58 valence electrons. The van der Waals surface area contributed by atoms with Gasteiger partial charge in [0.2, 0.25) is 0 Å². The molecule has 2 rings (SSSR count). The molecule has 0 unspecified atom stereocenters. The quantitative estimate of drug-likeness (QED) is 0.649. The Kier molecular flexibility index (Phi) is 1.53. The van der Waals surface area contributed by atoms with Gasteiger partial charge in [-0.25, -0.2) is 4.98 Å². The van der Waals surface area contributed by atoms with Crippen molar-refractivity contribution >= 4 is 12.2 Å². The fourth-order valence-corrected chi connectivity index (χ4v) is 1.43. The third-order valence-corrected chi connectivity index (χ3v) is 2.07. The Morgan fingerprint density at radius 1 is 1.64 bits per heavy atom. The Labute approximate surface area is 70.7 Å². The number of aromatic nitrogens is 2. The molecule has 0 aromatic carbocycles. The Balaban J connectivity index is 2.47. The van der Waals surface area contributed by atoms with Gasteiger partial charge in [-0.15, -0.1) is 0 Å². The van der Waals surface area contributed by atoms with Crippen molar-refractivity contribution in [2.24, 2.45) is 0 Å². The second-order valence-electron chi connectivity index (χ2n) is 3.06. The number of aromatic amines is 1. The average Bonchev–Trinajstić information content (AvgIpc) is 2.64. The van der Waals surface area contributed by atoms with Crippen LogP contribution in [0.15, 0.2) is 6.07 Å². The van der Waals surface area contributed by atoms with Crippen molar-refractivity contribution in [3.63, 3.8) is 0 Å². The van der Waals surface area contributed by atoms with Crippen LogP contribution < -0.4 is 0 Å². The number of aryl methyl sites for hydroxylation is 1. The summed E-state index contributed by atoms with van der Waals surface area (Å²) in [5, 5.41) is 0. The average molecular weight is 166 g/mol. The van der Waals surface area contributed by atoms with Crippen LogP contribution in [0.1, 0.15) is 30.3 Å². The van der Waals surface area contributed by atoms with Crippen molar-refractivity contribution in [3.05, 3.63) is 22.2 Å². The van der Waals surface area contributed by atoms with Gasteiger partial charge >= 0.3 is 0 Å². The molecule has 11 heavy (non-hydrogen) atoms. The predicted molar refractivity (Wildman–Crippen MR) is 46.1 cm³/mol. The third kappa shape index (κ3) is 1.48. The molecule has 0 bridgehead atoms. The lowest BCUT2D eigenvalue weighted by Gasteiger charge is -1.98. The number of H-pyrrole nitrogens is 1. The summed E-state index contributed by atoms with van der Waals surface area (Å²) in [6.45, 7) is 2.02. The van der Waals surface area contributed by atoms with E-state index in [0.717, 1.165) is 11.5 Å². The molecule has 3 heteroatoms. The highest BCUT2D eigenvalue weighted by molar-refractivity contribution is 7.71. The van der Waals surface area contributed by atoms with Crippen LogP contribution >= 0.6 is 12.2 Å². The van der Waals surface area contributed by atoms with E-state index in [1.807, 2.05) is 13.0 Å². The van der Waals surface area contributed by atoms with Gasteiger partial charge in [-0.1, -0.05) is 12.2 Å². The maximum Gasteiger partial charge on any atom is 0.129 e. The minimum absolute atomic E-state index is 0.664. The lowest BCUT2D eigenvalue weighted by Crippen LogP contribution is -1.94. The second kappa shape index (κ2) is 2.41. The van der Waals surface area contributed by atoms with E-state index in [0.29, 0.717) is 10.6 Å². The molecule has 2 nitrogen and oxygen atoms in total. The molecule has 1 N–H and O–H groups in total. The smallest absolute Gasteiger partial charge is 0.129 e. The molecule has 0 aliphatic heterocycles. The predicted octanol–water partition coefficient (Wildman–Crippen LogP) is 2.33. The summed E-state index contributed by atoms with van der Waals surface area (Å²) >= 11 is 5.00. The summed E-state index contributed by atoms with van der Waals surface area (Å²) < 4.78 is 0.711. The van der Waals surface area contributed by atoms with E-state index in [4.69, 9.17) is 12.2 Å². The summed E-state index contributed by atoms with van der Waals surface area (Å²) in [6, 6.07) is 1.89. The molecule has 1 aliphatic rings. The lowest BCUT2D eigenvalue weighted by molar-refractivity contribution is 0.899. The standard InChI is InChI=1S/C8H10N2S/c1-5-4-7(11)10-8(9-5)6-2-3-6/h4,6H,2-3H2,1H3,(H,9,10,11). The van der Waals surface area contributed by atoms with E-state index in [-0.39, 0.29) is 0 Å². The number of nitrogens with one attached hydrogen (secondary N) is 1. The van der Waals surface area contributed by atoms with Gasteiger partial charge in [0.05, 0.1) is 0 Å². The molecule has 0 amide bonds. The lowest BCUT2D eigenvalue weighted by atomic mass is 10.3. The van der Waals surface area contributed by atoms with Gasteiger partial charge < -0.3 is 4.98 Å². The van der Waals surface area contributed by atoms with Crippen LogP contribution in [0.2, 0.25) is 0 Å². The SMILES string of the molecule is Cc1cc(=S)nc(C2CC2)[nH]1. The van der Waals surface area contributed by atoms with E-state index >= 15 is 0 Å². The van der Waals surface area contributed by atoms with E-state index in [1.54, 1.807) is 0 Å². The molecule has 1 aliphatic carbocycles. The van der Waals surface area contributed by atoms with E-state index in [1.165, 1.54) is 12.8 Å². The highest BCUT2D eigenvalue weighted by atomic mass is 32.1. The highest BCUT2D eigenvalue weighted by Gasteiger charge is 2.25.